The van der Waals surface area contributed by atoms with Crippen molar-refractivity contribution in [3.63, 3.8) is 0 Å². The maximum absolute atomic E-state index is 5.88. The van der Waals surface area contributed by atoms with Crippen molar-refractivity contribution in [2.75, 3.05) is 24.5 Å². The number of piperazine rings is 1. The van der Waals surface area contributed by atoms with Crippen molar-refractivity contribution >= 4 is 16.7 Å². The van der Waals surface area contributed by atoms with Gasteiger partial charge in [0.1, 0.15) is 18.2 Å². The van der Waals surface area contributed by atoms with Crippen molar-refractivity contribution in [2.24, 2.45) is 0 Å². The Morgan fingerprint density at radius 2 is 1.86 bits per heavy atom. The Labute approximate surface area is 173 Å². The molecule has 150 valence electrons. The minimum Gasteiger partial charge on any atom is -0.489 e. The molecule has 2 aromatic carbocycles. The van der Waals surface area contributed by atoms with Crippen LogP contribution in [-0.2, 0) is 6.61 Å². The molecule has 1 fully saturated rings. The number of ether oxygens (including phenoxy) is 1. The van der Waals surface area contributed by atoms with Gasteiger partial charge in [0.2, 0.25) is 0 Å². The number of fused-ring (bicyclic) bond motifs is 1. The summed E-state index contributed by atoms with van der Waals surface area (Å²) in [5, 5.41) is 1.15. The molecule has 1 saturated heterocycles. The van der Waals surface area contributed by atoms with Gasteiger partial charge < -0.3 is 9.64 Å². The van der Waals surface area contributed by atoms with Crippen LogP contribution in [0.1, 0.15) is 19.4 Å². The molecule has 0 radical (unpaired) electrons. The van der Waals surface area contributed by atoms with Crippen LogP contribution >= 0.6 is 0 Å². The lowest BCUT2D eigenvalue weighted by atomic mass is 10.1. The summed E-state index contributed by atoms with van der Waals surface area (Å²) in [6, 6.07) is 21.5. The largest absolute Gasteiger partial charge is 0.489 e. The van der Waals surface area contributed by atoms with Crippen molar-refractivity contribution in [1.29, 1.82) is 0 Å². The van der Waals surface area contributed by atoms with E-state index >= 15 is 0 Å². The lowest BCUT2D eigenvalue weighted by molar-refractivity contribution is 0.184. The van der Waals surface area contributed by atoms with Gasteiger partial charge in [0, 0.05) is 37.1 Å². The van der Waals surface area contributed by atoms with Crippen LogP contribution in [-0.4, -0.2) is 41.6 Å². The van der Waals surface area contributed by atoms with E-state index in [0.29, 0.717) is 18.7 Å². The standard InChI is InChI=1S/C25H29N3O/c1-4-14-27-16-20(3)28(17-19(27)2)25-13-11-22-15-21(10-12-24(22)26-25)18-29-23-8-6-5-7-9-23/h4-13,15,19-20H,1,14,16-18H2,2-3H3/t19-,20+/m1/s1. The fourth-order valence-electron chi connectivity index (χ4n) is 4.04. The molecule has 0 N–H and O–H groups in total. The van der Waals surface area contributed by atoms with E-state index in [0.717, 1.165) is 47.7 Å². The van der Waals surface area contributed by atoms with Gasteiger partial charge in [-0.15, -0.1) is 6.58 Å². The van der Waals surface area contributed by atoms with E-state index in [-0.39, 0.29) is 0 Å². The molecule has 0 amide bonds. The molecule has 2 heterocycles. The second-order valence-electron chi connectivity index (χ2n) is 7.89. The second kappa shape index (κ2) is 8.66. The molecule has 29 heavy (non-hydrogen) atoms. The van der Waals surface area contributed by atoms with Gasteiger partial charge in [-0.2, -0.15) is 0 Å². The zero-order valence-electron chi connectivity index (χ0n) is 17.3. The van der Waals surface area contributed by atoms with Crippen molar-refractivity contribution < 1.29 is 4.74 Å². The molecule has 0 bridgehead atoms. The predicted octanol–water partition coefficient (Wildman–Crippen LogP) is 4.90. The molecule has 3 aromatic rings. The minimum atomic E-state index is 0.426. The smallest absolute Gasteiger partial charge is 0.129 e. The van der Waals surface area contributed by atoms with Crippen LogP contribution in [0.2, 0.25) is 0 Å². The highest BCUT2D eigenvalue weighted by Crippen LogP contribution is 2.25. The third-order valence-corrected chi connectivity index (χ3v) is 5.66. The highest BCUT2D eigenvalue weighted by molar-refractivity contribution is 5.81. The molecule has 0 saturated carbocycles. The molecule has 1 aliphatic rings. The van der Waals surface area contributed by atoms with Gasteiger partial charge in [0.15, 0.2) is 0 Å². The minimum absolute atomic E-state index is 0.426. The normalized spacial score (nSPS) is 20.0. The molecule has 4 heteroatoms. The quantitative estimate of drug-likeness (QED) is 0.563. The van der Waals surface area contributed by atoms with Gasteiger partial charge in [-0.25, -0.2) is 4.98 Å². The molecule has 1 aliphatic heterocycles. The number of nitrogens with zero attached hydrogens (tertiary/aromatic N) is 3. The highest BCUT2D eigenvalue weighted by Gasteiger charge is 2.29. The van der Waals surface area contributed by atoms with E-state index in [1.807, 2.05) is 36.4 Å². The third-order valence-electron chi connectivity index (χ3n) is 5.66. The first-order valence-electron chi connectivity index (χ1n) is 10.3. The van der Waals surface area contributed by atoms with Crippen molar-refractivity contribution in [3.8, 4) is 5.75 Å². The number of pyridine rings is 1. The summed E-state index contributed by atoms with van der Waals surface area (Å²) in [4.78, 5) is 9.87. The van der Waals surface area contributed by atoms with Crippen LogP contribution in [0, 0.1) is 0 Å². The molecule has 1 aromatic heterocycles. The Morgan fingerprint density at radius 3 is 2.66 bits per heavy atom. The first-order valence-corrected chi connectivity index (χ1v) is 10.3. The predicted molar refractivity (Wildman–Crippen MR) is 121 cm³/mol. The lowest BCUT2D eigenvalue weighted by Crippen LogP contribution is -2.56. The van der Waals surface area contributed by atoms with Gasteiger partial charge in [-0.1, -0.05) is 30.3 Å². The van der Waals surface area contributed by atoms with Crippen molar-refractivity contribution in [3.05, 3.63) is 78.9 Å². The number of anilines is 1. The molecule has 0 spiro atoms. The van der Waals surface area contributed by atoms with Gasteiger partial charge in [0.25, 0.3) is 0 Å². The van der Waals surface area contributed by atoms with Gasteiger partial charge in [0.05, 0.1) is 5.52 Å². The van der Waals surface area contributed by atoms with Crippen molar-refractivity contribution in [2.45, 2.75) is 32.5 Å². The van der Waals surface area contributed by atoms with Crippen LogP contribution in [0.15, 0.2) is 73.3 Å². The molecular weight excluding hydrogens is 358 g/mol. The van der Waals surface area contributed by atoms with Crippen LogP contribution in [0.5, 0.6) is 5.75 Å². The monoisotopic (exact) mass is 387 g/mol. The zero-order valence-corrected chi connectivity index (χ0v) is 17.3. The molecule has 0 unspecified atom stereocenters. The van der Waals surface area contributed by atoms with E-state index in [1.165, 1.54) is 0 Å². The van der Waals surface area contributed by atoms with Gasteiger partial charge in [-0.05, 0) is 55.8 Å². The summed E-state index contributed by atoms with van der Waals surface area (Å²) in [5.41, 5.74) is 2.18. The summed E-state index contributed by atoms with van der Waals surface area (Å²) >= 11 is 0. The van der Waals surface area contributed by atoms with E-state index in [9.17, 15) is 0 Å². The van der Waals surface area contributed by atoms with E-state index in [2.05, 4.69) is 60.6 Å². The first kappa shape index (κ1) is 19.5. The number of rotatable bonds is 6. The molecule has 4 nitrogen and oxygen atoms in total. The third kappa shape index (κ3) is 4.43. The maximum atomic E-state index is 5.88. The fourth-order valence-corrected chi connectivity index (χ4v) is 4.04. The SMILES string of the molecule is C=CCN1C[C@H](C)N(c2ccc3cc(COc4ccccc4)ccc3n2)C[C@H]1C. The topological polar surface area (TPSA) is 28.6 Å². The lowest BCUT2D eigenvalue weighted by Gasteiger charge is -2.44. The van der Waals surface area contributed by atoms with Gasteiger partial charge in [-0.3, -0.25) is 4.90 Å². The van der Waals surface area contributed by atoms with Crippen LogP contribution < -0.4 is 9.64 Å². The average Bonchev–Trinajstić information content (AvgIpc) is 2.75. The summed E-state index contributed by atoms with van der Waals surface area (Å²) in [6.07, 6.45) is 1.99. The molecular formula is C25H29N3O. The van der Waals surface area contributed by atoms with E-state index < -0.39 is 0 Å². The molecule has 4 rings (SSSR count). The number of hydrogen-bond acceptors (Lipinski definition) is 4. The van der Waals surface area contributed by atoms with E-state index in [1.54, 1.807) is 0 Å². The number of hydrogen-bond donors (Lipinski definition) is 0. The number of benzene rings is 2. The van der Waals surface area contributed by atoms with Gasteiger partial charge >= 0.3 is 0 Å². The highest BCUT2D eigenvalue weighted by atomic mass is 16.5. The van der Waals surface area contributed by atoms with Crippen molar-refractivity contribution in [1.82, 2.24) is 9.88 Å². The van der Waals surface area contributed by atoms with Crippen LogP contribution in [0.25, 0.3) is 10.9 Å². The Balaban J connectivity index is 1.49. The zero-order chi connectivity index (χ0) is 20.2. The summed E-state index contributed by atoms with van der Waals surface area (Å²) in [6.45, 7) is 12.0. The second-order valence-corrected chi connectivity index (χ2v) is 7.89. The average molecular weight is 388 g/mol. The summed E-state index contributed by atoms with van der Waals surface area (Å²) in [7, 11) is 0. The Morgan fingerprint density at radius 1 is 1.03 bits per heavy atom. The number of aromatic nitrogens is 1. The van der Waals surface area contributed by atoms with E-state index in [4.69, 9.17) is 9.72 Å². The maximum Gasteiger partial charge on any atom is 0.129 e. The summed E-state index contributed by atoms with van der Waals surface area (Å²) in [5.74, 6) is 1.95. The number of para-hydroxylation sites is 1. The first-order chi connectivity index (χ1) is 14.1. The molecule has 2 atom stereocenters. The molecule has 0 aliphatic carbocycles. The van der Waals surface area contributed by atoms with Crippen LogP contribution in [0.3, 0.4) is 0 Å². The Kier molecular flexibility index (Phi) is 5.81. The summed E-state index contributed by atoms with van der Waals surface area (Å²) < 4.78 is 5.88. The fraction of sp³-hybridized carbons (Fsp3) is 0.320. The Bertz CT molecular complexity index is 972. The van der Waals surface area contributed by atoms with Crippen LogP contribution in [0.4, 0.5) is 5.82 Å². The Hall–Kier alpha value is -2.85.